The van der Waals surface area contributed by atoms with E-state index in [1.54, 1.807) is 7.11 Å². The maximum absolute atomic E-state index is 12.9. The zero-order valence-corrected chi connectivity index (χ0v) is 14.8. The highest BCUT2D eigenvalue weighted by Gasteiger charge is 2.15. The standard InChI is InChI=1S/C18H19FN2O3S/c1-12-16(17-11-14(24-2)5-8-18(17)21-12)9-10-20-25(22,23)15-6-3-13(19)4-7-15/h3-8,11,20-21H,9-10H2,1-2H3. The molecule has 1 aromatic heterocycles. The first-order chi connectivity index (χ1) is 11.9. The van der Waals surface area contributed by atoms with Crippen LogP contribution in [-0.2, 0) is 16.4 Å². The van der Waals surface area contributed by atoms with Gasteiger partial charge < -0.3 is 9.72 Å². The second-order valence-electron chi connectivity index (χ2n) is 5.74. The number of sulfonamides is 1. The molecule has 0 bridgehead atoms. The first-order valence-corrected chi connectivity index (χ1v) is 9.29. The van der Waals surface area contributed by atoms with Crippen molar-refractivity contribution in [2.45, 2.75) is 18.2 Å². The fraction of sp³-hybridized carbons (Fsp3) is 0.222. The van der Waals surface area contributed by atoms with Crippen LogP contribution in [0.4, 0.5) is 4.39 Å². The van der Waals surface area contributed by atoms with Gasteiger partial charge in [-0.25, -0.2) is 17.5 Å². The summed E-state index contributed by atoms with van der Waals surface area (Å²) in [5.41, 5.74) is 3.01. The second kappa shape index (κ2) is 6.85. The molecule has 1 heterocycles. The van der Waals surface area contributed by atoms with Crippen molar-refractivity contribution in [1.29, 1.82) is 0 Å². The van der Waals surface area contributed by atoms with Gasteiger partial charge in [-0.1, -0.05) is 0 Å². The molecule has 0 radical (unpaired) electrons. The number of aromatic nitrogens is 1. The summed E-state index contributed by atoms with van der Waals surface area (Å²) in [6.07, 6.45) is 0.527. The lowest BCUT2D eigenvalue weighted by atomic mass is 10.1. The van der Waals surface area contributed by atoms with Crippen molar-refractivity contribution in [2.24, 2.45) is 0 Å². The molecular weight excluding hydrogens is 343 g/mol. The lowest BCUT2D eigenvalue weighted by molar-refractivity contribution is 0.415. The van der Waals surface area contributed by atoms with Crippen molar-refractivity contribution in [3.05, 3.63) is 59.5 Å². The van der Waals surface area contributed by atoms with E-state index in [1.165, 1.54) is 12.1 Å². The average molecular weight is 362 g/mol. The van der Waals surface area contributed by atoms with Crippen LogP contribution < -0.4 is 9.46 Å². The van der Waals surface area contributed by atoms with Crippen LogP contribution in [0, 0.1) is 12.7 Å². The third kappa shape index (κ3) is 3.67. The molecule has 0 amide bonds. The van der Waals surface area contributed by atoms with Crippen LogP contribution in [-0.4, -0.2) is 27.1 Å². The molecule has 3 rings (SSSR count). The highest BCUT2D eigenvalue weighted by atomic mass is 32.2. The van der Waals surface area contributed by atoms with Crippen LogP contribution >= 0.6 is 0 Å². The monoisotopic (exact) mass is 362 g/mol. The van der Waals surface area contributed by atoms with E-state index in [0.29, 0.717) is 6.42 Å². The predicted octanol–water partition coefficient (Wildman–Crippen LogP) is 3.15. The highest BCUT2D eigenvalue weighted by Crippen LogP contribution is 2.26. The molecule has 0 aliphatic carbocycles. The number of ether oxygens (including phenoxy) is 1. The minimum absolute atomic E-state index is 0.0474. The van der Waals surface area contributed by atoms with E-state index in [-0.39, 0.29) is 11.4 Å². The smallest absolute Gasteiger partial charge is 0.240 e. The van der Waals surface area contributed by atoms with Crippen LogP contribution in [0.1, 0.15) is 11.3 Å². The molecule has 0 spiro atoms. The van der Waals surface area contributed by atoms with Crippen molar-refractivity contribution in [3.8, 4) is 5.75 Å². The minimum atomic E-state index is -3.66. The number of methoxy groups -OCH3 is 1. The number of rotatable bonds is 6. The molecule has 0 unspecified atom stereocenters. The largest absolute Gasteiger partial charge is 0.497 e. The Hall–Kier alpha value is -2.38. The van der Waals surface area contributed by atoms with Crippen LogP contribution in [0.3, 0.4) is 0 Å². The van der Waals surface area contributed by atoms with Gasteiger partial charge in [0.2, 0.25) is 10.0 Å². The van der Waals surface area contributed by atoms with Gasteiger partial charge in [-0.05, 0) is 61.4 Å². The maximum Gasteiger partial charge on any atom is 0.240 e. The Bertz CT molecular complexity index is 995. The van der Waals surface area contributed by atoms with Gasteiger partial charge in [-0.15, -0.1) is 0 Å². The number of aromatic amines is 1. The van der Waals surface area contributed by atoms with Crippen LogP contribution in [0.25, 0.3) is 10.9 Å². The van der Waals surface area contributed by atoms with Gasteiger partial charge in [0.05, 0.1) is 12.0 Å². The van der Waals surface area contributed by atoms with Gasteiger partial charge in [0.25, 0.3) is 0 Å². The molecule has 0 saturated heterocycles. The molecule has 2 aromatic carbocycles. The lowest BCUT2D eigenvalue weighted by Gasteiger charge is -2.07. The zero-order valence-electron chi connectivity index (χ0n) is 14.0. The Morgan fingerprint density at radius 3 is 2.56 bits per heavy atom. The van der Waals surface area contributed by atoms with Crippen LogP contribution in [0.5, 0.6) is 5.75 Å². The summed E-state index contributed by atoms with van der Waals surface area (Å²) in [5, 5.41) is 1.01. The van der Waals surface area contributed by atoms with Crippen LogP contribution in [0.2, 0.25) is 0 Å². The SMILES string of the molecule is COc1ccc2[nH]c(C)c(CCNS(=O)(=O)c3ccc(F)cc3)c2c1. The first-order valence-electron chi connectivity index (χ1n) is 7.81. The highest BCUT2D eigenvalue weighted by molar-refractivity contribution is 7.89. The van der Waals surface area contributed by atoms with E-state index in [1.807, 2.05) is 25.1 Å². The molecule has 25 heavy (non-hydrogen) atoms. The van der Waals surface area contributed by atoms with Crippen molar-refractivity contribution in [1.82, 2.24) is 9.71 Å². The number of hydrogen-bond donors (Lipinski definition) is 2. The number of nitrogens with one attached hydrogen (secondary N) is 2. The lowest BCUT2D eigenvalue weighted by Crippen LogP contribution is -2.26. The molecule has 3 aromatic rings. The fourth-order valence-electron chi connectivity index (χ4n) is 2.82. The number of H-pyrrole nitrogens is 1. The Morgan fingerprint density at radius 1 is 1.16 bits per heavy atom. The van der Waals surface area contributed by atoms with Crippen molar-refractivity contribution in [2.75, 3.05) is 13.7 Å². The molecular formula is C18H19FN2O3S. The summed E-state index contributed by atoms with van der Waals surface area (Å²) in [5.74, 6) is 0.280. The Morgan fingerprint density at radius 2 is 1.88 bits per heavy atom. The molecule has 0 aliphatic rings. The van der Waals surface area contributed by atoms with Gasteiger partial charge in [0, 0.05) is 23.1 Å². The van der Waals surface area contributed by atoms with E-state index in [2.05, 4.69) is 9.71 Å². The van der Waals surface area contributed by atoms with Gasteiger partial charge in [-0.3, -0.25) is 0 Å². The Kier molecular flexibility index (Phi) is 4.78. The summed E-state index contributed by atoms with van der Waals surface area (Å²) in [4.78, 5) is 3.34. The molecule has 7 heteroatoms. The maximum atomic E-state index is 12.9. The normalized spacial score (nSPS) is 11.8. The molecule has 5 nitrogen and oxygen atoms in total. The van der Waals surface area contributed by atoms with Gasteiger partial charge in [0.15, 0.2) is 0 Å². The minimum Gasteiger partial charge on any atom is -0.497 e. The van der Waals surface area contributed by atoms with Crippen LogP contribution in [0.15, 0.2) is 47.4 Å². The van der Waals surface area contributed by atoms with E-state index in [4.69, 9.17) is 4.74 Å². The fourth-order valence-corrected chi connectivity index (χ4v) is 3.85. The topological polar surface area (TPSA) is 71.2 Å². The van der Waals surface area contributed by atoms with Gasteiger partial charge >= 0.3 is 0 Å². The van der Waals surface area contributed by atoms with Gasteiger partial charge in [-0.2, -0.15) is 0 Å². The third-order valence-electron chi connectivity index (χ3n) is 4.12. The van der Waals surface area contributed by atoms with E-state index < -0.39 is 15.8 Å². The second-order valence-corrected chi connectivity index (χ2v) is 7.51. The average Bonchev–Trinajstić information content (AvgIpc) is 2.90. The van der Waals surface area contributed by atoms with E-state index >= 15 is 0 Å². The zero-order chi connectivity index (χ0) is 18.0. The Balaban J connectivity index is 1.76. The van der Waals surface area contributed by atoms with E-state index in [0.717, 1.165) is 40.0 Å². The summed E-state index contributed by atoms with van der Waals surface area (Å²) < 4.78 is 45.3. The molecule has 2 N–H and O–H groups in total. The Labute approximate surface area is 145 Å². The molecule has 0 saturated carbocycles. The van der Waals surface area contributed by atoms with E-state index in [9.17, 15) is 12.8 Å². The van der Waals surface area contributed by atoms with Crippen molar-refractivity contribution in [3.63, 3.8) is 0 Å². The summed E-state index contributed by atoms with van der Waals surface area (Å²) in [6, 6.07) is 10.5. The molecule has 132 valence electrons. The van der Waals surface area contributed by atoms with Crippen molar-refractivity contribution >= 4 is 20.9 Å². The molecule has 0 fully saturated rings. The quantitative estimate of drug-likeness (QED) is 0.708. The number of aryl methyl sites for hydroxylation is 1. The predicted molar refractivity (Wildman–Crippen MR) is 94.9 cm³/mol. The first kappa shape index (κ1) is 17.4. The molecule has 0 aliphatic heterocycles. The summed E-state index contributed by atoms with van der Waals surface area (Å²) in [7, 11) is -2.05. The number of hydrogen-bond acceptors (Lipinski definition) is 3. The summed E-state index contributed by atoms with van der Waals surface area (Å²) >= 11 is 0. The number of benzene rings is 2. The van der Waals surface area contributed by atoms with Crippen molar-refractivity contribution < 1.29 is 17.5 Å². The molecule has 0 atom stereocenters. The van der Waals surface area contributed by atoms with Gasteiger partial charge in [0.1, 0.15) is 11.6 Å². The number of fused-ring (bicyclic) bond motifs is 1. The third-order valence-corrected chi connectivity index (χ3v) is 5.59. The summed E-state index contributed by atoms with van der Waals surface area (Å²) in [6.45, 7) is 2.20. The number of halogens is 1.